The molecule has 0 aliphatic heterocycles. The number of hydrogen-bond donors (Lipinski definition) is 8. The number of amides is 3. The average molecular weight is 719 g/mol. The molecule has 48 heavy (non-hydrogen) atoms. The van der Waals surface area contributed by atoms with E-state index < -0.39 is 80.7 Å². The molecule has 2 aromatic carbocycles. The number of aliphatic hydroxyl groups excluding tert-OH is 1. The number of carbonyl (C=O) groups is 4. The Morgan fingerprint density at radius 1 is 0.729 bits per heavy atom. The lowest BCUT2D eigenvalue weighted by atomic mass is 9.96. The Bertz CT molecular complexity index is 1650. The maximum atomic E-state index is 13.6. The third-order valence-corrected chi connectivity index (χ3v) is 7.76. The molecule has 0 heterocycles. The van der Waals surface area contributed by atoms with Gasteiger partial charge in [0.15, 0.2) is 6.04 Å². The normalized spacial score (nSPS) is 15.5. The molecule has 0 saturated carbocycles. The summed E-state index contributed by atoms with van der Waals surface area (Å²) in [6.45, 7) is 4.54. The van der Waals surface area contributed by atoms with Gasteiger partial charge in [-0.1, -0.05) is 44.5 Å². The van der Waals surface area contributed by atoms with Gasteiger partial charge in [-0.25, -0.2) is 4.79 Å². The minimum atomic E-state index is -4.81. The highest BCUT2D eigenvalue weighted by Crippen LogP contribution is 2.17. The summed E-state index contributed by atoms with van der Waals surface area (Å²) in [5, 5.41) is 26.5. The van der Waals surface area contributed by atoms with E-state index in [1.54, 1.807) is 13.8 Å². The molecule has 18 nitrogen and oxygen atoms in total. The highest BCUT2D eigenvalue weighted by molar-refractivity contribution is 7.81. The Balaban J connectivity index is 2.27. The minimum absolute atomic E-state index is 0.0505. The number of carboxylic acid groups (broad SMARTS) is 1. The number of aliphatic carboxylic acids is 1. The van der Waals surface area contributed by atoms with E-state index in [-0.39, 0.29) is 24.3 Å². The number of carbonyl (C=O) groups excluding carboxylic acids is 3. The van der Waals surface area contributed by atoms with Crippen molar-refractivity contribution in [1.29, 1.82) is 0 Å². The first kappa shape index (κ1) is 39.8. The van der Waals surface area contributed by atoms with Crippen LogP contribution >= 0.6 is 0 Å². The van der Waals surface area contributed by atoms with Crippen molar-refractivity contribution in [2.24, 2.45) is 11.7 Å². The minimum Gasteiger partial charge on any atom is -0.480 e. The van der Waals surface area contributed by atoms with Crippen molar-refractivity contribution in [1.82, 2.24) is 16.0 Å². The molecule has 6 unspecified atom stereocenters. The zero-order valence-electron chi connectivity index (χ0n) is 26.0. The topological polar surface area (TPSA) is 298 Å². The first-order valence-corrected chi connectivity index (χ1v) is 17.0. The first-order chi connectivity index (χ1) is 22.2. The van der Waals surface area contributed by atoms with Crippen LogP contribution in [0.1, 0.15) is 38.3 Å². The Labute approximate surface area is 276 Å². The van der Waals surface area contributed by atoms with Crippen LogP contribution in [0.4, 0.5) is 0 Å². The summed E-state index contributed by atoms with van der Waals surface area (Å²) in [5.74, 6) is -5.06. The summed E-state index contributed by atoms with van der Waals surface area (Å²) in [5.41, 5.74) is 6.90. The van der Waals surface area contributed by atoms with Gasteiger partial charge in [0, 0.05) is 6.42 Å². The van der Waals surface area contributed by atoms with Crippen LogP contribution < -0.4 is 30.1 Å². The van der Waals surface area contributed by atoms with Crippen LogP contribution in [0, 0.1) is 5.92 Å². The fraction of sp³-hybridized carbons (Fsp3) is 0.429. The van der Waals surface area contributed by atoms with E-state index in [1.165, 1.54) is 36.4 Å². The van der Waals surface area contributed by atoms with Gasteiger partial charge in [0.2, 0.25) is 17.7 Å². The van der Waals surface area contributed by atoms with Gasteiger partial charge in [0.25, 0.3) is 0 Å². The highest BCUT2D eigenvalue weighted by Gasteiger charge is 2.33. The molecule has 2 rings (SSSR count). The van der Waals surface area contributed by atoms with Gasteiger partial charge in [-0.05, 0) is 54.7 Å². The van der Waals surface area contributed by atoms with Crippen LogP contribution in [0.5, 0.6) is 11.5 Å². The summed E-state index contributed by atoms with van der Waals surface area (Å²) in [6.07, 6.45) is -1.45. The van der Waals surface area contributed by atoms with Gasteiger partial charge in [-0.3, -0.25) is 23.5 Å². The zero-order valence-corrected chi connectivity index (χ0v) is 27.6. The van der Waals surface area contributed by atoms with E-state index in [9.17, 15) is 46.2 Å². The number of benzene rings is 2. The second-order valence-corrected chi connectivity index (χ2v) is 12.9. The van der Waals surface area contributed by atoms with Crippen LogP contribution in [-0.2, 0) is 52.8 Å². The fourth-order valence-electron chi connectivity index (χ4n) is 4.26. The summed E-state index contributed by atoms with van der Waals surface area (Å²) in [7, 11) is -9.55. The smallest absolute Gasteiger partial charge is 0.446 e. The van der Waals surface area contributed by atoms with Gasteiger partial charge < -0.3 is 40.3 Å². The summed E-state index contributed by atoms with van der Waals surface area (Å²) in [4.78, 5) is 51.5. The number of nitrogens with two attached hydrogens (primary N) is 1. The molecule has 0 aliphatic rings. The van der Waals surface area contributed by atoms with Crippen LogP contribution in [0.3, 0.4) is 0 Å². The van der Waals surface area contributed by atoms with Crippen LogP contribution in [0.15, 0.2) is 48.5 Å². The Hall–Kier alpha value is -4.34. The number of aliphatic hydroxyl groups is 1. The molecule has 2 aromatic rings. The SMILES string of the molecule is CCC(C)C(NC(=O)C(N)Cc1ccc(OS(=O)(=O)O)cc1)C(=O)NC(Cc1ccc(OS(=O)(=O)O)cc1)C(=O)NC(C(=O)O)C(C)O. The van der Waals surface area contributed by atoms with Crippen molar-refractivity contribution in [3.8, 4) is 11.5 Å². The maximum absolute atomic E-state index is 13.6. The molecular formula is C28H38N4O14S2. The van der Waals surface area contributed by atoms with E-state index in [0.717, 1.165) is 19.1 Å². The van der Waals surface area contributed by atoms with Gasteiger partial charge >= 0.3 is 26.8 Å². The molecule has 0 radical (unpaired) electrons. The van der Waals surface area contributed by atoms with E-state index >= 15 is 0 Å². The molecular weight excluding hydrogens is 680 g/mol. The summed E-state index contributed by atoms with van der Waals surface area (Å²) in [6, 6.07) is 4.63. The molecule has 266 valence electrons. The standard InChI is InChI=1S/C28H38N4O14S2/c1-4-15(2)23(31-25(34)21(29)13-17-5-9-19(10-6-17)45-47(39,40)41)27(36)30-22(26(35)32-24(16(3)33)28(37)38)14-18-7-11-20(12-8-18)46-48(42,43)44/h5-12,15-16,21-24,33H,4,13-14,29H2,1-3H3,(H,30,36)(H,31,34)(H,32,35)(H,37,38)(H,39,40,41)(H,42,43,44). The summed E-state index contributed by atoms with van der Waals surface area (Å²) >= 11 is 0. The van der Waals surface area contributed by atoms with Crippen LogP contribution in [-0.4, -0.2) is 90.1 Å². The second kappa shape index (κ2) is 17.2. The molecule has 0 fully saturated rings. The molecule has 0 saturated heterocycles. The number of nitrogens with one attached hydrogen (secondary N) is 3. The highest BCUT2D eigenvalue weighted by atomic mass is 32.3. The van der Waals surface area contributed by atoms with Crippen molar-refractivity contribution < 1.29 is 63.7 Å². The lowest BCUT2D eigenvalue weighted by Crippen LogP contribution is -2.60. The largest absolute Gasteiger partial charge is 0.480 e. The van der Waals surface area contributed by atoms with Crippen molar-refractivity contribution in [2.45, 2.75) is 70.3 Å². The van der Waals surface area contributed by atoms with Crippen molar-refractivity contribution in [3.63, 3.8) is 0 Å². The number of carboxylic acids is 1. The quantitative estimate of drug-likeness (QED) is 0.0869. The van der Waals surface area contributed by atoms with E-state index in [4.69, 9.17) is 14.8 Å². The molecule has 0 aliphatic carbocycles. The summed E-state index contributed by atoms with van der Waals surface area (Å²) < 4.78 is 70.1. The number of rotatable bonds is 18. The number of hydrogen-bond acceptors (Lipinski definition) is 12. The van der Waals surface area contributed by atoms with Gasteiger partial charge in [-0.2, -0.15) is 16.8 Å². The lowest BCUT2D eigenvalue weighted by molar-refractivity contribution is -0.145. The Morgan fingerprint density at radius 3 is 1.56 bits per heavy atom. The third kappa shape index (κ3) is 13.4. The molecule has 0 bridgehead atoms. The fourth-order valence-corrected chi connectivity index (χ4v) is 4.97. The van der Waals surface area contributed by atoms with Crippen molar-refractivity contribution in [3.05, 3.63) is 59.7 Å². The average Bonchev–Trinajstić information content (AvgIpc) is 2.97. The molecule has 0 spiro atoms. The van der Waals surface area contributed by atoms with Gasteiger partial charge in [0.1, 0.15) is 23.6 Å². The monoisotopic (exact) mass is 718 g/mol. The zero-order chi connectivity index (χ0) is 36.4. The Kier molecular flexibility index (Phi) is 14.3. The van der Waals surface area contributed by atoms with Crippen molar-refractivity contribution >= 4 is 44.5 Å². The predicted molar refractivity (Wildman–Crippen MR) is 167 cm³/mol. The van der Waals surface area contributed by atoms with Crippen LogP contribution in [0.2, 0.25) is 0 Å². The predicted octanol–water partition coefficient (Wildman–Crippen LogP) is -0.872. The van der Waals surface area contributed by atoms with Gasteiger partial charge in [0.05, 0.1) is 12.1 Å². The van der Waals surface area contributed by atoms with Gasteiger partial charge in [-0.15, -0.1) is 0 Å². The van der Waals surface area contributed by atoms with E-state index in [1.807, 2.05) is 0 Å². The molecule has 3 amide bonds. The second-order valence-electron chi connectivity index (χ2n) is 10.8. The van der Waals surface area contributed by atoms with Crippen LogP contribution in [0.25, 0.3) is 0 Å². The molecule has 0 aromatic heterocycles. The molecule has 6 atom stereocenters. The molecule has 9 N–H and O–H groups in total. The molecule has 20 heteroatoms. The first-order valence-electron chi connectivity index (χ1n) is 14.3. The van der Waals surface area contributed by atoms with Crippen molar-refractivity contribution in [2.75, 3.05) is 0 Å². The van der Waals surface area contributed by atoms with E-state index in [0.29, 0.717) is 17.5 Å². The third-order valence-electron chi connectivity index (χ3n) is 6.95. The lowest BCUT2D eigenvalue weighted by Gasteiger charge is -2.28. The maximum Gasteiger partial charge on any atom is 0.446 e. The Morgan fingerprint density at radius 2 is 1.17 bits per heavy atom. The van der Waals surface area contributed by atoms with E-state index in [2.05, 4.69) is 24.3 Å².